The molecule has 1 heterocycles. The molecular formula is C9H18N6O. The molecule has 4 N–H and O–H groups in total. The molecule has 0 spiro atoms. The number of unbranched alkanes of at least 4 members (excludes halogenated alkanes) is 1. The Bertz CT molecular complexity index is 334. The second-order valence-electron chi connectivity index (χ2n) is 3.58. The van der Waals surface area contributed by atoms with Crippen molar-refractivity contribution in [1.82, 2.24) is 20.1 Å². The Labute approximate surface area is 94.3 Å². The first-order valence-corrected chi connectivity index (χ1v) is 5.24. The highest BCUT2D eigenvalue weighted by Gasteiger charge is 1.99. The van der Waals surface area contributed by atoms with Crippen molar-refractivity contribution in [1.29, 1.82) is 0 Å². The van der Waals surface area contributed by atoms with Crippen LogP contribution in [0.25, 0.3) is 0 Å². The van der Waals surface area contributed by atoms with Crippen molar-refractivity contribution in [3.63, 3.8) is 0 Å². The van der Waals surface area contributed by atoms with E-state index in [9.17, 15) is 0 Å². The number of amidine groups is 1. The van der Waals surface area contributed by atoms with Crippen molar-refractivity contribution < 1.29 is 5.21 Å². The third-order valence-corrected chi connectivity index (χ3v) is 2.25. The van der Waals surface area contributed by atoms with Gasteiger partial charge in [0.05, 0.1) is 6.54 Å². The number of oxime groups is 1. The first kappa shape index (κ1) is 12.4. The zero-order valence-corrected chi connectivity index (χ0v) is 9.43. The zero-order valence-electron chi connectivity index (χ0n) is 9.43. The average Bonchev–Trinajstić information content (AvgIpc) is 2.69. The lowest BCUT2D eigenvalue weighted by Crippen LogP contribution is -2.18. The smallest absolute Gasteiger partial charge is 0.146 e. The molecule has 1 aromatic rings. The van der Waals surface area contributed by atoms with E-state index in [4.69, 9.17) is 10.9 Å². The van der Waals surface area contributed by atoms with E-state index in [0.717, 1.165) is 25.2 Å². The topological polar surface area (TPSA) is 101 Å². The second-order valence-corrected chi connectivity index (χ2v) is 3.58. The molecule has 0 atom stereocenters. The summed E-state index contributed by atoms with van der Waals surface area (Å²) in [6.45, 7) is 1.59. The van der Waals surface area contributed by atoms with Crippen molar-refractivity contribution in [2.75, 3.05) is 6.54 Å². The fourth-order valence-electron chi connectivity index (χ4n) is 1.27. The normalized spacial score (nSPS) is 11.9. The predicted octanol–water partition coefficient (Wildman–Crippen LogP) is -0.179. The molecule has 7 heteroatoms. The van der Waals surface area contributed by atoms with E-state index >= 15 is 0 Å². The molecule has 0 unspecified atom stereocenters. The van der Waals surface area contributed by atoms with Crippen molar-refractivity contribution in [3.05, 3.63) is 12.2 Å². The van der Waals surface area contributed by atoms with E-state index in [-0.39, 0.29) is 5.84 Å². The number of nitrogens with one attached hydrogen (secondary N) is 1. The molecule has 16 heavy (non-hydrogen) atoms. The largest absolute Gasteiger partial charge is 0.409 e. The van der Waals surface area contributed by atoms with Gasteiger partial charge in [0.25, 0.3) is 0 Å². The summed E-state index contributed by atoms with van der Waals surface area (Å²) < 4.78 is 1.88. The van der Waals surface area contributed by atoms with Crippen molar-refractivity contribution in [2.45, 2.75) is 25.8 Å². The molecular weight excluding hydrogens is 208 g/mol. The van der Waals surface area contributed by atoms with Crippen LogP contribution in [0.15, 0.2) is 11.5 Å². The Hall–Kier alpha value is -1.63. The van der Waals surface area contributed by atoms with Crippen molar-refractivity contribution in [2.24, 2.45) is 17.9 Å². The van der Waals surface area contributed by atoms with Gasteiger partial charge in [-0.05, 0) is 19.4 Å². The summed E-state index contributed by atoms with van der Waals surface area (Å²) in [6.07, 6.45) is 4.19. The highest BCUT2D eigenvalue weighted by molar-refractivity contribution is 5.79. The quantitative estimate of drug-likeness (QED) is 0.197. The molecule has 0 radical (unpaired) electrons. The van der Waals surface area contributed by atoms with E-state index in [1.807, 2.05) is 11.6 Å². The molecule has 90 valence electrons. The summed E-state index contributed by atoms with van der Waals surface area (Å²) in [5.41, 5.74) is 5.34. The predicted molar refractivity (Wildman–Crippen MR) is 60.0 cm³/mol. The molecule has 7 nitrogen and oxygen atoms in total. The third kappa shape index (κ3) is 4.26. The van der Waals surface area contributed by atoms with Gasteiger partial charge >= 0.3 is 0 Å². The van der Waals surface area contributed by atoms with Crippen LogP contribution in [0.4, 0.5) is 0 Å². The number of nitrogens with two attached hydrogens (primary N) is 1. The van der Waals surface area contributed by atoms with Crippen LogP contribution in [-0.4, -0.2) is 32.4 Å². The number of hydrogen-bond donors (Lipinski definition) is 3. The van der Waals surface area contributed by atoms with Crippen LogP contribution < -0.4 is 11.1 Å². The fraction of sp³-hybridized carbons (Fsp3) is 0.667. The summed E-state index contributed by atoms with van der Waals surface area (Å²) >= 11 is 0. The Morgan fingerprint density at radius 2 is 2.44 bits per heavy atom. The maximum Gasteiger partial charge on any atom is 0.146 e. The first-order valence-electron chi connectivity index (χ1n) is 5.24. The molecule has 0 aliphatic heterocycles. The summed E-state index contributed by atoms with van der Waals surface area (Å²) in [6, 6.07) is 0. The highest BCUT2D eigenvalue weighted by atomic mass is 16.4. The van der Waals surface area contributed by atoms with E-state index in [2.05, 4.69) is 20.7 Å². The number of aryl methyl sites for hydroxylation is 1. The van der Waals surface area contributed by atoms with Gasteiger partial charge < -0.3 is 20.8 Å². The van der Waals surface area contributed by atoms with Gasteiger partial charge in [0.15, 0.2) is 0 Å². The van der Waals surface area contributed by atoms with Gasteiger partial charge in [-0.15, -0.1) is 10.2 Å². The van der Waals surface area contributed by atoms with Crippen LogP contribution in [0, 0.1) is 0 Å². The van der Waals surface area contributed by atoms with Gasteiger partial charge in [-0.2, -0.15) is 0 Å². The molecule has 1 aromatic heterocycles. The van der Waals surface area contributed by atoms with E-state index < -0.39 is 0 Å². The Morgan fingerprint density at radius 3 is 3.06 bits per heavy atom. The van der Waals surface area contributed by atoms with Gasteiger partial charge in [0.1, 0.15) is 18.0 Å². The van der Waals surface area contributed by atoms with Crippen molar-refractivity contribution in [3.8, 4) is 0 Å². The molecule has 0 amide bonds. The number of hydrogen-bond acceptors (Lipinski definition) is 5. The maximum atomic E-state index is 8.32. The van der Waals surface area contributed by atoms with Crippen LogP contribution in [0.2, 0.25) is 0 Å². The minimum atomic E-state index is 0.285. The molecule has 0 bridgehead atoms. The lowest BCUT2D eigenvalue weighted by Gasteiger charge is -2.03. The Kier molecular flexibility index (Phi) is 5.27. The van der Waals surface area contributed by atoms with E-state index in [1.165, 1.54) is 0 Å². The van der Waals surface area contributed by atoms with Crippen LogP contribution >= 0.6 is 0 Å². The molecule has 0 saturated heterocycles. The van der Waals surface area contributed by atoms with Gasteiger partial charge in [-0.25, -0.2) is 0 Å². The summed E-state index contributed by atoms with van der Waals surface area (Å²) in [5, 5.41) is 22.2. The first-order chi connectivity index (χ1) is 7.74. The van der Waals surface area contributed by atoms with Crippen LogP contribution in [-0.2, 0) is 13.6 Å². The second kappa shape index (κ2) is 6.78. The molecule has 0 aromatic carbocycles. The van der Waals surface area contributed by atoms with Crippen LogP contribution in [0.1, 0.15) is 25.1 Å². The number of aromatic nitrogens is 3. The molecule has 1 rings (SSSR count). The summed E-state index contributed by atoms with van der Waals surface area (Å²) in [4.78, 5) is 0. The molecule has 0 aliphatic carbocycles. The minimum Gasteiger partial charge on any atom is -0.409 e. The summed E-state index contributed by atoms with van der Waals surface area (Å²) in [5.74, 6) is 1.20. The SMILES string of the molecule is Cn1cnnc1CNCCCCC(N)=NO. The fourth-order valence-corrected chi connectivity index (χ4v) is 1.27. The lowest BCUT2D eigenvalue weighted by molar-refractivity contribution is 0.316. The minimum absolute atomic E-state index is 0.285. The van der Waals surface area contributed by atoms with Gasteiger partial charge in [-0.1, -0.05) is 5.16 Å². The average molecular weight is 226 g/mol. The van der Waals surface area contributed by atoms with Gasteiger partial charge in [0.2, 0.25) is 0 Å². The third-order valence-electron chi connectivity index (χ3n) is 2.25. The lowest BCUT2D eigenvalue weighted by atomic mass is 10.2. The Balaban J connectivity index is 2.03. The van der Waals surface area contributed by atoms with Crippen LogP contribution in [0.5, 0.6) is 0 Å². The number of rotatable bonds is 7. The van der Waals surface area contributed by atoms with E-state index in [0.29, 0.717) is 13.0 Å². The highest BCUT2D eigenvalue weighted by Crippen LogP contribution is 1.95. The van der Waals surface area contributed by atoms with Gasteiger partial charge in [-0.3, -0.25) is 0 Å². The standard InChI is InChI=1S/C9H18N6O/c1-15-7-12-13-9(15)6-11-5-3-2-4-8(10)14-16/h7,11,16H,2-6H2,1H3,(H2,10,14). The van der Waals surface area contributed by atoms with E-state index in [1.54, 1.807) is 6.33 Å². The van der Waals surface area contributed by atoms with Crippen LogP contribution in [0.3, 0.4) is 0 Å². The Morgan fingerprint density at radius 1 is 1.62 bits per heavy atom. The van der Waals surface area contributed by atoms with Gasteiger partial charge in [0, 0.05) is 13.5 Å². The number of nitrogens with zero attached hydrogens (tertiary/aromatic N) is 4. The van der Waals surface area contributed by atoms with Crippen molar-refractivity contribution >= 4 is 5.84 Å². The molecule has 0 saturated carbocycles. The zero-order chi connectivity index (χ0) is 11.8. The summed E-state index contributed by atoms with van der Waals surface area (Å²) in [7, 11) is 1.91. The maximum absolute atomic E-state index is 8.32. The monoisotopic (exact) mass is 226 g/mol. The molecule has 0 aliphatic rings. The molecule has 0 fully saturated rings.